The van der Waals surface area contributed by atoms with Gasteiger partial charge in [0.25, 0.3) is 0 Å². The molecule has 3 fully saturated rings. The molecule has 1 spiro atoms. The molecule has 0 amide bonds. The van der Waals surface area contributed by atoms with Crippen molar-refractivity contribution in [2.45, 2.75) is 56.5 Å². The molecule has 29 heavy (non-hydrogen) atoms. The maximum atomic E-state index is 5.97. The number of nitrogens with one attached hydrogen (secondary N) is 1. The molecule has 3 aromatic rings. The number of aromatic nitrogens is 1. The van der Waals surface area contributed by atoms with Gasteiger partial charge in [0.05, 0.1) is 0 Å². The molecule has 6 rings (SSSR count). The van der Waals surface area contributed by atoms with E-state index in [0.717, 1.165) is 5.92 Å². The fourth-order valence-corrected chi connectivity index (χ4v) is 6.42. The first-order valence-corrected chi connectivity index (χ1v) is 11.4. The Morgan fingerprint density at radius 2 is 1.93 bits per heavy atom. The van der Waals surface area contributed by atoms with Crippen LogP contribution in [-0.4, -0.2) is 17.1 Å². The van der Waals surface area contributed by atoms with Crippen molar-refractivity contribution in [3.8, 4) is 0 Å². The molecule has 2 aromatic carbocycles. The molecule has 1 aromatic heterocycles. The zero-order chi connectivity index (χ0) is 19.6. The molecule has 148 valence electrons. The van der Waals surface area contributed by atoms with E-state index in [1.165, 1.54) is 47.6 Å². The van der Waals surface area contributed by atoms with Crippen molar-refractivity contribution >= 4 is 22.4 Å². The van der Waals surface area contributed by atoms with Crippen molar-refractivity contribution in [3.63, 3.8) is 0 Å². The van der Waals surface area contributed by atoms with E-state index in [1.54, 1.807) is 0 Å². The maximum Gasteiger partial charge on any atom is 0.129 e. The van der Waals surface area contributed by atoms with E-state index in [9.17, 15) is 0 Å². The molecule has 2 unspecified atom stereocenters. The van der Waals surface area contributed by atoms with Gasteiger partial charge in [0, 0.05) is 18.3 Å². The average Bonchev–Trinajstić information content (AvgIpc) is 3.62. The molecule has 3 aliphatic rings. The third-order valence-electron chi connectivity index (χ3n) is 8.07. The highest BCUT2D eigenvalue weighted by Crippen LogP contribution is 2.69. The lowest BCUT2D eigenvalue weighted by Crippen LogP contribution is -2.10. The third-order valence-corrected chi connectivity index (χ3v) is 8.29. The number of halogens is 1. The maximum absolute atomic E-state index is 5.97. The average molecular weight is 403 g/mol. The van der Waals surface area contributed by atoms with E-state index in [-0.39, 0.29) is 0 Å². The molecular weight excluding hydrogens is 376 g/mol. The van der Waals surface area contributed by atoms with Crippen LogP contribution in [0.2, 0.25) is 5.15 Å². The quantitative estimate of drug-likeness (QED) is 0.410. The van der Waals surface area contributed by atoms with E-state index >= 15 is 0 Å². The second-order valence-electron chi connectivity index (χ2n) is 9.60. The van der Waals surface area contributed by atoms with Gasteiger partial charge < -0.3 is 5.32 Å². The fourth-order valence-electron chi connectivity index (χ4n) is 6.31. The molecule has 0 bridgehead atoms. The van der Waals surface area contributed by atoms with Gasteiger partial charge in [-0.3, -0.25) is 0 Å². The number of hydrogen-bond acceptors (Lipinski definition) is 2. The Hall–Kier alpha value is -1.90. The second kappa shape index (κ2) is 6.55. The number of pyridine rings is 1. The number of fused-ring (bicyclic) bond motifs is 1. The van der Waals surface area contributed by atoms with Crippen molar-refractivity contribution in [2.24, 2.45) is 11.3 Å². The monoisotopic (exact) mass is 402 g/mol. The van der Waals surface area contributed by atoms with Crippen molar-refractivity contribution in [2.75, 3.05) is 0 Å². The topological polar surface area (TPSA) is 34.8 Å². The van der Waals surface area contributed by atoms with Crippen LogP contribution in [-0.2, 0) is 0 Å². The Kier molecular flexibility index (Phi) is 4.05. The van der Waals surface area contributed by atoms with Crippen molar-refractivity contribution in [1.29, 1.82) is 0 Å². The van der Waals surface area contributed by atoms with Crippen LogP contribution in [0.4, 0.5) is 0 Å². The van der Waals surface area contributed by atoms with Gasteiger partial charge in [0.1, 0.15) is 5.15 Å². The van der Waals surface area contributed by atoms with Gasteiger partial charge >= 0.3 is 0 Å². The smallest absolute Gasteiger partial charge is 0.129 e. The van der Waals surface area contributed by atoms with Gasteiger partial charge in [-0.25, -0.2) is 4.98 Å². The standard InChI is InChI=1S/C26H27ClN2/c1-16(20-8-4-6-17-5-2-3-7-21(17)20)24-25(29-24)22-14-26(22)12-11-18(13-26)19-9-10-23(27)28-15-19/h2-10,15-16,18,22,24-25,29H,11-14H2,1H3/t16-,18-,22-,24?,25?,26-/m1/s1. The predicted molar refractivity (Wildman–Crippen MR) is 119 cm³/mol. The van der Waals surface area contributed by atoms with Crippen LogP contribution in [0, 0.1) is 11.3 Å². The number of rotatable bonds is 4. The van der Waals surface area contributed by atoms with Crippen LogP contribution in [0.25, 0.3) is 10.8 Å². The van der Waals surface area contributed by atoms with E-state index in [0.29, 0.717) is 34.5 Å². The largest absolute Gasteiger partial charge is 0.307 e. The van der Waals surface area contributed by atoms with Gasteiger partial charge in [-0.1, -0.05) is 67.1 Å². The van der Waals surface area contributed by atoms with Gasteiger partial charge in [0.15, 0.2) is 0 Å². The molecule has 1 saturated heterocycles. The van der Waals surface area contributed by atoms with Gasteiger partial charge in [0.2, 0.25) is 0 Å². The van der Waals surface area contributed by atoms with E-state index in [1.807, 2.05) is 12.3 Å². The highest BCUT2D eigenvalue weighted by molar-refractivity contribution is 6.29. The Labute approximate surface area is 177 Å². The summed E-state index contributed by atoms with van der Waals surface area (Å²) in [6.45, 7) is 2.41. The Morgan fingerprint density at radius 3 is 2.79 bits per heavy atom. The lowest BCUT2D eigenvalue weighted by molar-refractivity contribution is 0.452. The third kappa shape index (κ3) is 3.00. The molecule has 6 atom stereocenters. The number of hydrogen-bond donors (Lipinski definition) is 1. The molecule has 1 N–H and O–H groups in total. The SMILES string of the molecule is C[C@H](c1cccc2ccccc12)C1NC1[C@H]1C[C@]12CC[C@@H](c1ccc(Cl)nc1)C2. The summed E-state index contributed by atoms with van der Waals surface area (Å²) >= 11 is 5.97. The Morgan fingerprint density at radius 1 is 1.07 bits per heavy atom. The van der Waals surface area contributed by atoms with Crippen molar-refractivity contribution < 1.29 is 0 Å². The lowest BCUT2D eigenvalue weighted by atomic mass is 9.89. The molecule has 3 heteroatoms. The molecule has 0 radical (unpaired) electrons. The van der Waals surface area contributed by atoms with E-state index in [2.05, 4.69) is 65.8 Å². The van der Waals surface area contributed by atoms with E-state index in [4.69, 9.17) is 11.6 Å². The zero-order valence-corrected chi connectivity index (χ0v) is 17.6. The van der Waals surface area contributed by atoms with Crippen molar-refractivity contribution in [1.82, 2.24) is 10.3 Å². The lowest BCUT2D eigenvalue weighted by Gasteiger charge is -2.15. The molecule has 2 saturated carbocycles. The normalized spacial score (nSPS) is 33.9. The minimum atomic E-state index is 0.557. The summed E-state index contributed by atoms with van der Waals surface area (Å²) in [6, 6.07) is 21.0. The first-order valence-electron chi connectivity index (χ1n) is 11.0. The number of benzene rings is 2. The van der Waals surface area contributed by atoms with Crippen LogP contribution < -0.4 is 5.32 Å². The van der Waals surface area contributed by atoms with Gasteiger partial charge in [-0.15, -0.1) is 0 Å². The molecule has 2 heterocycles. The highest BCUT2D eigenvalue weighted by atomic mass is 35.5. The van der Waals surface area contributed by atoms with Crippen LogP contribution in [0.1, 0.15) is 55.6 Å². The highest BCUT2D eigenvalue weighted by Gasteiger charge is 2.65. The molecular formula is C26H27ClN2. The summed E-state index contributed by atoms with van der Waals surface area (Å²) in [7, 11) is 0. The van der Waals surface area contributed by atoms with Gasteiger partial charge in [-0.2, -0.15) is 0 Å². The summed E-state index contributed by atoms with van der Waals surface area (Å²) in [6.07, 6.45) is 7.40. The zero-order valence-electron chi connectivity index (χ0n) is 16.8. The van der Waals surface area contributed by atoms with Gasteiger partial charge in [-0.05, 0) is 76.8 Å². The number of nitrogens with zero attached hydrogens (tertiary/aromatic N) is 1. The van der Waals surface area contributed by atoms with Crippen LogP contribution in [0.3, 0.4) is 0 Å². The summed E-state index contributed by atoms with van der Waals surface area (Å²) < 4.78 is 0. The molecule has 2 nitrogen and oxygen atoms in total. The summed E-state index contributed by atoms with van der Waals surface area (Å²) in [4.78, 5) is 4.31. The van der Waals surface area contributed by atoms with Crippen LogP contribution in [0.15, 0.2) is 60.8 Å². The summed E-state index contributed by atoms with van der Waals surface area (Å²) in [5.74, 6) is 2.08. The van der Waals surface area contributed by atoms with Crippen molar-refractivity contribution in [3.05, 3.63) is 77.1 Å². The minimum absolute atomic E-state index is 0.557. The van der Waals surface area contributed by atoms with E-state index < -0.39 is 0 Å². The summed E-state index contributed by atoms with van der Waals surface area (Å²) in [5, 5.41) is 7.24. The minimum Gasteiger partial charge on any atom is -0.307 e. The molecule has 1 aliphatic heterocycles. The first-order chi connectivity index (χ1) is 14.1. The summed E-state index contributed by atoms with van der Waals surface area (Å²) in [5.41, 5.74) is 3.45. The van der Waals surface area contributed by atoms with Crippen LogP contribution in [0.5, 0.6) is 0 Å². The fraction of sp³-hybridized carbons (Fsp3) is 0.423. The Bertz CT molecular complexity index is 1060. The Balaban J connectivity index is 1.15. The first kappa shape index (κ1) is 17.9. The second-order valence-corrected chi connectivity index (χ2v) is 9.99. The van der Waals surface area contributed by atoms with Crippen LogP contribution >= 0.6 is 11.6 Å². The molecule has 2 aliphatic carbocycles. The predicted octanol–water partition coefficient (Wildman–Crippen LogP) is 6.31.